The summed E-state index contributed by atoms with van der Waals surface area (Å²) in [7, 11) is 0. The highest BCUT2D eigenvalue weighted by atomic mass is 16.5. The van der Waals surface area contributed by atoms with Crippen molar-refractivity contribution < 1.29 is 4.74 Å². The third-order valence-electron chi connectivity index (χ3n) is 12.3. The van der Waals surface area contributed by atoms with Crippen LogP contribution >= 0.6 is 0 Å². The number of nitrogens with zero attached hydrogens (tertiary/aromatic N) is 4. The number of benzene rings is 4. The van der Waals surface area contributed by atoms with Gasteiger partial charge in [-0.05, 0) is 129 Å². The molecule has 0 spiro atoms. The molecule has 0 aliphatic carbocycles. The van der Waals surface area contributed by atoms with Crippen molar-refractivity contribution in [3.05, 3.63) is 130 Å². The van der Waals surface area contributed by atoms with Crippen LogP contribution in [0, 0.1) is 0 Å². The Bertz CT molecular complexity index is 2570. The zero-order valence-corrected chi connectivity index (χ0v) is 39.1. The number of rotatable bonds is 5. The number of pyridine rings is 1. The fourth-order valence-corrected chi connectivity index (χ4v) is 8.08. The Morgan fingerprint density at radius 1 is 0.441 bits per heavy atom. The molecule has 5 heteroatoms. The zero-order chi connectivity index (χ0) is 43.2. The van der Waals surface area contributed by atoms with Gasteiger partial charge in [0.15, 0.2) is 0 Å². The van der Waals surface area contributed by atoms with Crippen molar-refractivity contribution in [1.29, 1.82) is 0 Å². The van der Waals surface area contributed by atoms with E-state index in [1.807, 2.05) is 6.20 Å². The van der Waals surface area contributed by atoms with E-state index in [9.17, 15) is 0 Å². The van der Waals surface area contributed by atoms with E-state index in [-0.39, 0.29) is 27.1 Å². The summed E-state index contributed by atoms with van der Waals surface area (Å²) in [6, 6.07) is 31.8. The molecule has 59 heavy (non-hydrogen) atoms. The van der Waals surface area contributed by atoms with E-state index in [0.29, 0.717) is 0 Å². The summed E-state index contributed by atoms with van der Waals surface area (Å²) < 4.78 is 9.27. The Kier molecular flexibility index (Phi) is 10.2. The van der Waals surface area contributed by atoms with Gasteiger partial charge in [-0.3, -0.25) is 4.57 Å². The number of hydrogen-bond acceptors (Lipinski definition) is 4. The number of anilines is 2. The van der Waals surface area contributed by atoms with Crippen LogP contribution in [0.5, 0.6) is 11.5 Å². The van der Waals surface area contributed by atoms with Crippen molar-refractivity contribution in [2.75, 3.05) is 16.5 Å². The van der Waals surface area contributed by atoms with E-state index < -0.39 is 0 Å². The molecule has 5 nitrogen and oxygen atoms in total. The van der Waals surface area contributed by atoms with E-state index in [1.165, 1.54) is 55.7 Å². The summed E-state index contributed by atoms with van der Waals surface area (Å²) in [4.78, 5) is 9.88. The van der Waals surface area contributed by atoms with Crippen LogP contribution in [0.3, 0.4) is 0 Å². The van der Waals surface area contributed by atoms with Gasteiger partial charge in [0.1, 0.15) is 17.3 Å². The number of aromatic nitrogens is 2. The second-order valence-corrected chi connectivity index (χ2v) is 22.2. The minimum atomic E-state index is -0.0896. The molecule has 4 aromatic carbocycles. The van der Waals surface area contributed by atoms with Gasteiger partial charge in [0.2, 0.25) is 0 Å². The summed E-state index contributed by atoms with van der Waals surface area (Å²) in [5.41, 5.74) is 13.6. The summed E-state index contributed by atoms with van der Waals surface area (Å²) in [6.45, 7) is 39.5. The van der Waals surface area contributed by atoms with Crippen LogP contribution in [0.25, 0.3) is 27.6 Å². The van der Waals surface area contributed by atoms with Crippen LogP contribution in [0.15, 0.2) is 103 Å². The first-order valence-electron chi connectivity index (χ1n) is 21.5. The smallest absolute Gasteiger partial charge is 0.137 e. The lowest BCUT2D eigenvalue weighted by atomic mass is 9.80. The molecular weight excluding hydrogens is 721 g/mol. The Hall–Kier alpha value is -5.03. The van der Waals surface area contributed by atoms with E-state index in [0.717, 1.165) is 40.7 Å². The topological polar surface area (TPSA) is 33.5 Å². The number of fused-ring (bicyclic) bond motifs is 3. The third kappa shape index (κ3) is 8.27. The van der Waals surface area contributed by atoms with Crippen LogP contribution < -0.4 is 14.5 Å². The second kappa shape index (κ2) is 14.3. The van der Waals surface area contributed by atoms with Crippen molar-refractivity contribution in [1.82, 2.24) is 9.55 Å². The fourth-order valence-electron chi connectivity index (χ4n) is 8.08. The van der Waals surface area contributed by atoms with Gasteiger partial charge < -0.3 is 14.5 Å². The zero-order valence-electron chi connectivity index (χ0n) is 39.1. The summed E-state index contributed by atoms with van der Waals surface area (Å²) in [5.74, 6) is 2.53. The third-order valence-corrected chi connectivity index (χ3v) is 12.3. The molecule has 0 bridgehead atoms. The van der Waals surface area contributed by atoms with Gasteiger partial charge in [0.05, 0.1) is 17.7 Å². The van der Waals surface area contributed by atoms with E-state index in [1.54, 1.807) is 0 Å². The van der Waals surface area contributed by atoms with Gasteiger partial charge in [0.25, 0.3) is 0 Å². The lowest BCUT2D eigenvalue weighted by Crippen LogP contribution is -2.28. The molecule has 3 heterocycles. The first-order valence-corrected chi connectivity index (χ1v) is 21.5. The molecule has 0 unspecified atom stereocenters. The molecule has 7 rings (SSSR count). The molecule has 1 aliphatic rings. The Labute approximate surface area is 355 Å². The largest absolute Gasteiger partial charge is 0.457 e. The summed E-state index contributed by atoms with van der Waals surface area (Å²) in [5, 5.41) is 2.40. The van der Waals surface area contributed by atoms with Gasteiger partial charge in [-0.1, -0.05) is 116 Å². The minimum Gasteiger partial charge on any atom is -0.457 e. The van der Waals surface area contributed by atoms with Crippen molar-refractivity contribution in [2.24, 2.45) is 0 Å². The van der Waals surface area contributed by atoms with Gasteiger partial charge in [-0.25, -0.2) is 4.98 Å². The first-order chi connectivity index (χ1) is 27.2. The average Bonchev–Trinajstić information content (AvgIpc) is 3.62. The van der Waals surface area contributed by atoms with Crippen LogP contribution in [-0.4, -0.2) is 16.2 Å². The van der Waals surface area contributed by atoms with E-state index in [2.05, 4.69) is 217 Å². The van der Waals surface area contributed by atoms with Crippen molar-refractivity contribution >= 4 is 33.2 Å². The molecule has 0 amide bonds. The maximum absolute atomic E-state index is 6.96. The quantitative estimate of drug-likeness (QED) is 0.174. The Morgan fingerprint density at radius 2 is 0.949 bits per heavy atom. The highest BCUT2D eigenvalue weighted by molar-refractivity contribution is 6.09. The van der Waals surface area contributed by atoms with Crippen molar-refractivity contribution in [3.63, 3.8) is 0 Å². The second-order valence-electron chi connectivity index (χ2n) is 22.2. The molecule has 310 valence electrons. The predicted octanol–water partition coefficient (Wildman–Crippen LogP) is 15.0. The molecule has 0 saturated carbocycles. The lowest BCUT2D eigenvalue weighted by Gasteiger charge is -2.30. The van der Waals surface area contributed by atoms with Gasteiger partial charge >= 0.3 is 0 Å². The molecule has 0 saturated heterocycles. The number of ether oxygens (including phenoxy) is 1. The predicted molar refractivity (Wildman–Crippen MR) is 253 cm³/mol. The summed E-state index contributed by atoms with van der Waals surface area (Å²) >= 11 is 0. The van der Waals surface area contributed by atoms with Crippen LogP contribution in [0.1, 0.15) is 146 Å². The SMILES string of the molecule is CC1=C(C)N(c2cc(C(C)(C)C)cc(C(C)(C)C)c2)CN1c1cc(Oc2ccc3c4cc(C(C)(C)C)ccc4n(-c4cc(C(C)(C)C)ccn4)c3c2)cc(C(C)(C)C)c1. The lowest BCUT2D eigenvalue weighted by molar-refractivity contribution is 0.479. The van der Waals surface area contributed by atoms with E-state index >= 15 is 0 Å². The maximum atomic E-state index is 6.96. The number of allylic oxidation sites excluding steroid dienone is 2. The average molecular weight is 789 g/mol. The fraction of sp³-hybridized carbons (Fsp3) is 0.426. The molecule has 0 radical (unpaired) electrons. The molecular formula is C54H68N4O. The molecule has 2 aromatic heterocycles. The molecule has 0 fully saturated rings. The van der Waals surface area contributed by atoms with Crippen LogP contribution in [0.4, 0.5) is 11.4 Å². The molecule has 6 aromatic rings. The summed E-state index contributed by atoms with van der Waals surface area (Å²) in [6.07, 6.45) is 1.94. The standard InChI is InChI=1S/C54H68N4O/c1-34-35(2)57(33-56(34)41-25-38(52(9,10)11)24-39(26-41)53(12,13)14)42-27-40(54(15,16)17)28-44(31-42)59-43-19-20-45-46-29-36(50(3,4)5)18-21-47(46)58(48(45)32-43)49-30-37(22-23-55-49)51(6,7)8/h18-32H,33H2,1-17H3. The van der Waals surface area contributed by atoms with Crippen molar-refractivity contribution in [2.45, 2.75) is 145 Å². The normalized spacial score (nSPS) is 14.7. The van der Waals surface area contributed by atoms with Gasteiger partial charge in [-0.2, -0.15) is 0 Å². The number of hydrogen-bond donors (Lipinski definition) is 0. The minimum absolute atomic E-state index is 0.00973. The Morgan fingerprint density at radius 3 is 1.49 bits per heavy atom. The van der Waals surface area contributed by atoms with Crippen molar-refractivity contribution in [3.8, 4) is 17.3 Å². The van der Waals surface area contributed by atoms with E-state index in [4.69, 9.17) is 9.72 Å². The molecule has 0 N–H and O–H groups in total. The van der Waals surface area contributed by atoms with Gasteiger partial charge in [0, 0.05) is 51.9 Å². The molecule has 0 atom stereocenters. The molecule has 1 aliphatic heterocycles. The monoisotopic (exact) mass is 789 g/mol. The Balaban J connectivity index is 1.32. The van der Waals surface area contributed by atoms with Gasteiger partial charge in [-0.15, -0.1) is 0 Å². The highest BCUT2D eigenvalue weighted by Crippen LogP contribution is 2.42. The van der Waals surface area contributed by atoms with Crippen LogP contribution in [0.2, 0.25) is 0 Å². The first kappa shape index (κ1) is 42.1. The van der Waals surface area contributed by atoms with Crippen LogP contribution in [-0.2, 0) is 27.1 Å². The highest BCUT2D eigenvalue weighted by Gasteiger charge is 2.30. The maximum Gasteiger partial charge on any atom is 0.137 e.